The standard InChI is InChI=1S/C30H30FN9S/c1-5-32-12-19-9-21(15-33-13-19)24-6-7-25-28(36-24)29(40-39-25)30-37-26-17-34-16-23(27(26)38-30)20-8-18(10-22(31)11-20)14-35-41(2,3)4/h6-11,13,15-17,32,35H,2-3,5,12,14H2,1,4H3,(H,37,38)(H,39,40). The van der Waals surface area contributed by atoms with Gasteiger partial charge in [0.05, 0.1) is 28.4 Å². The Hall–Kier alpha value is -4.45. The van der Waals surface area contributed by atoms with Crippen molar-refractivity contribution < 1.29 is 4.39 Å². The van der Waals surface area contributed by atoms with Crippen molar-refractivity contribution in [1.82, 2.24) is 45.2 Å². The third-order valence-electron chi connectivity index (χ3n) is 6.59. The lowest BCUT2D eigenvalue weighted by Crippen LogP contribution is -2.11. The van der Waals surface area contributed by atoms with Gasteiger partial charge in [-0.25, -0.2) is 14.4 Å². The molecule has 0 aliphatic heterocycles. The summed E-state index contributed by atoms with van der Waals surface area (Å²) in [4.78, 5) is 21.9. The predicted octanol–water partition coefficient (Wildman–Crippen LogP) is 5.18. The zero-order valence-corrected chi connectivity index (χ0v) is 23.6. The quantitative estimate of drug-likeness (QED) is 0.178. The maximum Gasteiger partial charge on any atom is 0.161 e. The second-order valence-electron chi connectivity index (χ2n) is 10.1. The van der Waals surface area contributed by atoms with Crippen molar-refractivity contribution in [1.29, 1.82) is 0 Å². The Labute approximate surface area is 237 Å². The molecule has 0 spiro atoms. The fourth-order valence-electron chi connectivity index (χ4n) is 4.64. The summed E-state index contributed by atoms with van der Waals surface area (Å²) in [6.07, 6.45) is 9.00. The zero-order chi connectivity index (χ0) is 28.6. The number of rotatable bonds is 9. The highest BCUT2D eigenvalue weighted by Gasteiger charge is 2.18. The lowest BCUT2D eigenvalue weighted by molar-refractivity contribution is 0.625. The van der Waals surface area contributed by atoms with Crippen LogP contribution in [0.5, 0.6) is 0 Å². The number of imidazole rings is 1. The Morgan fingerprint density at radius 1 is 0.878 bits per heavy atom. The summed E-state index contributed by atoms with van der Waals surface area (Å²) in [6.45, 7) is 4.15. The topological polar surface area (TPSA) is 120 Å². The van der Waals surface area contributed by atoms with Crippen LogP contribution in [-0.2, 0) is 13.1 Å². The molecule has 6 aromatic rings. The van der Waals surface area contributed by atoms with Gasteiger partial charge in [-0.2, -0.15) is 14.5 Å². The molecule has 5 heterocycles. The van der Waals surface area contributed by atoms with Crippen molar-refractivity contribution in [3.8, 4) is 33.9 Å². The summed E-state index contributed by atoms with van der Waals surface area (Å²) < 4.78 is 17.9. The van der Waals surface area contributed by atoms with Gasteiger partial charge in [0.1, 0.15) is 11.3 Å². The van der Waals surface area contributed by atoms with Gasteiger partial charge in [0.25, 0.3) is 0 Å². The fraction of sp³-hybridized carbons (Fsp3) is 0.167. The Kier molecular flexibility index (Phi) is 7.08. The SMILES string of the molecule is C=S(=C)(C)NCc1cc(F)cc(-c2cncc3[nH]c(-c4n[nH]c5ccc(-c6cncc(CNCC)c6)nc45)nc23)c1. The lowest BCUT2D eigenvalue weighted by Gasteiger charge is -2.12. The maximum absolute atomic E-state index is 14.7. The lowest BCUT2D eigenvalue weighted by atomic mass is 10.0. The number of hydrogen-bond acceptors (Lipinski definition) is 7. The van der Waals surface area contributed by atoms with E-state index in [1.807, 2.05) is 30.7 Å². The van der Waals surface area contributed by atoms with E-state index in [0.717, 1.165) is 41.0 Å². The molecule has 11 heteroatoms. The van der Waals surface area contributed by atoms with Crippen LogP contribution < -0.4 is 10.0 Å². The molecule has 0 aliphatic rings. The fourth-order valence-corrected chi connectivity index (χ4v) is 5.16. The maximum atomic E-state index is 14.7. The number of aromatic amines is 2. The highest BCUT2D eigenvalue weighted by Crippen LogP contribution is 2.32. The molecular weight excluding hydrogens is 537 g/mol. The van der Waals surface area contributed by atoms with E-state index < -0.39 is 9.39 Å². The van der Waals surface area contributed by atoms with Crippen molar-refractivity contribution in [2.45, 2.75) is 20.0 Å². The molecule has 0 bridgehead atoms. The van der Waals surface area contributed by atoms with E-state index in [-0.39, 0.29) is 5.82 Å². The minimum atomic E-state index is -1.44. The van der Waals surface area contributed by atoms with E-state index in [1.165, 1.54) is 12.1 Å². The van der Waals surface area contributed by atoms with Gasteiger partial charge >= 0.3 is 0 Å². The van der Waals surface area contributed by atoms with Crippen LogP contribution >= 0.6 is 9.39 Å². The molecule has 0 amide bonds. The van der Waals surface area contributed by atoms with Gasteiger partial charge in [0.2, 0.25) is 0 Å². The van der Waals surface area contributed by atoms with Gasteiger partial charge in [-0.1, -0.05) is 18.7 Å². The van der Waals surface area contributed by atoms with Crippen LogP contribution in [0.3, 0.4) is 0 Å². The van der Waals surface area contributed by atoms with E-state index >= 15 is 0 Å². The van der Waals surface area contributed by atoms with Gasteiger partial charge in [0, 0.05) is 42.8 Å². The number of nitrogens with one attached hydrogen (secondary N) is 4. The highest BCUT2D eigenvalue weighted by molar-refractivity contribution is 8.25. The minimum absolute atomic E-state index is 0.337. The van der Waals surface area contributed by atoms with Crippen LogP contribution in [0.4, 0.5) is 4.39 Å². The Morgan fingerprint density at radius 3 is 2.54 bits per heavy atom. The molecule has 0 atom stereocenters. The molecule has 0 unspecified atom stereocenters. The Bertz CT molecular complexity index is 1990. The molecule has 0 aliphatic carbocycles. The molecule has 0 radical (unpaired) electrons. The molecule has 5 aromatic heterocycles. The first-order valence-electron chi connectivity index (χ1n) is 13.1. The number of benzene rings is 1. The van der Waals surface area contributed by atoms with Crippen molar-refractivity contribution in [3.05, 3.63) is 78.1 Å². The van der Waals surface area contributed by atoms with Gasteiger partial charge in [-0.3, -0.25) is 19.8 Å². The third-order valence-corrected chi connectivity index (χ3v) is 7.43. The van der Waals surface area contributed by atoms with E-state index in [0.29, 0.717) is 45.7 Å². The van der Waals surface area contributed by atoms with E-state index in [1.54, 1.807) is 18.6 Å². The zero-order valence-electron chi connectivity index (χ0n) is 22.8. The largest absolute Gasteiger partial charge is 0.335 e. The normalized spacial score (nSPS) is 12.0. The number of pyridine rings is 3. The molecule has 6 rings (SSSR count). The van der Waals surface area contributed by atoms with Crippen LogP contribution in [0, 0.1) is 5.82 Å². The molecular formula is C30H30FN9S. The molecule has 9 nitrogen and oxygen atoms in total. The highest BCUT2D eigenvalue weighted by atomic mass is 32.2. The molecule has 208 valence electrons. The monoisotopic (exact) mass is 567 g/mol. The summed E-state index contributed by atoms with van der Waals surface area (Å²) in [5, 5.41) is 10.9. The summed E-state index contributed by atoms with van der Waals surface area (Å²) >= 11 is 0. The van der Waals surface area contributed by atoms with Crippen molar-refractivity contribution in [2.75, 3.05) is 12.8 Å². The average Bonchev–Trinajstić information content (AvgIpc) is 3.58. The van der Waals surface area contributed by atoms with Gasteiger partial charge in [-0.05, 0) is 65.9 Å². The summed E-state index contributed by atoms with van der Waals surface area (Å²) in [5.74, 6) is 8.28. The molecule has 0 fully saturated rings. The van der Waals surface area contributed by atoms with Crippen molar-refractivity contribution in [2.24, 2.45) is 0 Å². The second-order valence-corrected chi connectivity index (χ2v) is 13.0. The van der Waals surface area contributed by atoms with E-state index in [9.17, 15) is 4.39 Å². The number of H-pyrrole nitrogens is 2. The average molecular weight is 568 g/mol. The van der Waals surface area contributed by atoms with E-state index in [4.69, 9.17) is 9.97 Å². The first kappa shape index (κ1) is 26.8. The first-order chi connectivity index (χ1) is 19.8. The van der Waals surface area contributed by atoms with E-state index in [2.05, 4.69) is 59.9 Å². The number of fused-ring (bicyclic) bond motifs is 2. The molecule has 1 aromatic carbocycles. The number of nitrogens with zero attached hydrogens (tertiary/aromatic N) is 5. The third kappa shape index (κ3) is 5.73. The number of hydrogen-bond donors (Lipinski definition) is 4. The number of halogens is 1. The second kappa shape index (κ2) is 10.8. The summed E-state index contributed by atoms with van der Waals surface area (Å²) in [5.41, 5.74) is 8.39. The number of aromatic nitrogens is 7. The summed E-state index contributed by atoms with van der Waals surface area (Å²) in [7, 11) is -1.44. The predicted molar refractivity (Wildman–Crippen MR) is 167 cm³/mol. The van der Waals surface area contributed by atoms with Crippen molar-refractivity contribution >= 4 is 43.2 Å². The van der Waals surface area contributed by atoms with Crippen LogP contribution in [0.15, 0.2) is 61.2 Å². The van der Waals surface area contributed by atoms with Crippen LogP contribution in [0.2, 0.25) is 0 Å². The van der Waals surface area contributed by atoms with Gasteiger partial charge < -0.3 is 10.3 Å². The van der Waals surface area contributed by atoms with Crippen LogP contribution in [-0.4, -0.2) is 59.7 Å². The van der Waals surface area contributed by atoms with Gasteiger partial charge in [0.15, 0.2) is 11.5 Å². The Morgan fingerprint density at radius 2 is 1.71 bits per heavy atom. The molecule has 41 heavy (non-hydrogen) atoms. The first-order valence-corrected chi connectivity index (χ1v) is 15.5. The smallest absolute Gasteiger partial charge is 0.161 e. The Balaban J connectivity index is 1.39. The van der Waals surface area contributed by atoms with Crippen LogP contribution in [0.25, 0.3) is 56.0 Å². The minimum Gasteiger partial charge on any atom is -0.335 e. The summed E-state index contributed by atoms with van der Waals surface area (Å²) in [6, 6.07) is 10.9. The van der Waals surface area contributed by atoms with Crippen LogP contribution in [0.1, 0.15) is 18.1 Å². The molecule has 4 N–H and O–H groups in total. The molecule has 0 saturated carbocycles. The van der Waals surface area contributed by atoms with Gasteiger partial charge in [-0.15, -0.1) is 0 Å². The molecule has 0 saturated heterocycles. The van der Waals surface area contributed by atoms with Crippen molar-refractivity contribution in [3.63, 3.8) is 0 Å².